The van der Waals surface area contributed by atoms with Crippen LogP contribution in [0.1, 0.15) is 18.9 Å². The molecule has 0 unspecified atom stereocenters. The van der Waals surface area contributed by atoms with Gasteiger partial charge in [0.1, 0.15) is 5.84 Å². The monoisotopic (exact) mass is 400 g/mol. The van der Waals surface area contributed by atoms with Crippen molar-refractivity contribution in [2.75, 3.05) is 46.2 Å². The van der Waals surface area contributed by atoms with Gasteiger partial charge in [0.05, 0.1) is 11.4 Å². The van der Waals surface area contributed by atoms with Gasteiger partial charge in [-0.1, -0.05) is 23.7 Å². The molecule has 0 radical (unpaired) electrons. The number of nitrogens with zero attached hydrogens (tertiary/aromatic N) is 3. The molecule has 1 atom stereocenters. The van der Waals surface area contributed by atoms with Gasteiger partial charge in [0.25, 0.3) is 0 Å². The summed E-state index contributed by atoms with van der Waals surface area (Å²) in [6, 6.07) is 14.5. The standard InChI is InChI=1S/C22H29ClN4O/c1-16(11-14-28-4)26(2)12-13-27(3)22-18-15-17(23)9-10-19(18)24-20-7-5-6-8-21(20)25-22/h5-10,15-16,24H,11-14H2,1-4H3/t16-/m1/s1. The van der Waals surface area contributed by atoms with E-state index in [1.54, 1.807) is 7.11 Å². The number of fused-ring (bicyclic) bond motifs is 2. The van der Waals surface area contributed by atoms with Crippen LogP contribution >= 0.6 is 11.6 Å². The summed E-state index contributed by atoms with van der Waals surface area (Å²) in [5, 5.41) is 4.20. The third-order valence-corrected chi connectivity index (χ3v) is 5.50. The van der Waals surface area contributed by atoms with Crippen molar-refractivity contribution in [3.8, 4) is 0 Å². The summed E-state index contributed by atoms with van der Waals surface area (Å²) in [6.45, 7) is 4.81. The van der Waals surface area contributed by atoms with Crippen LogP contribution in [0.25, 0.3) is 0 Å². The molecule has 3 rings (SSSR count). The van der Waals surface area contributed by atoms with E-state index in [9.17, 15) is 0 Å². The second-order valence-corrected chi connectivity index (χ2v) is 7.74. The highest BCUT2D eigenvalue weighted by Gasteiger charge is 2.20. The largest absolute Gasteiger partial charge is 0.385 e. The van der Waals surface area contributed by atoms with Crippen LogP contribution in [0.2, 0.25) is 5.02 Å². The van der Waals surface area contributed by atoms with Crippen LogP contribution in [0, 0.1) is 0 Å². The van der Waals surface area contributed by atoms with Gasteiger partial charge in [-0.3, -0.25) is 0 Å². The van der Waals surface area contributed by atoms with E-state index < -0.39 is 0 Å². The SMILES string of the molecule is COCC[C@@H](C)N(C)CCN(C)C1=Nc2ccccc2Nc2ccc(Cl)cc21. The van der Waals surface area contributed by atoms with Gasteiger partial charge in [0.15, 0.2) is 0 Å². The number of anilines is 2. The molecule has 2 aromatic carbocycles. The highest BCUT2D eigenvalue weighted by Crippen LogP contribution is 2.35. The smallest absolute Gasteiger partial charge is 0.138 e. The minimum Gasteiger partial charge on any atom is -0.385 e. The van der Waals surface area contributed by atoms with E-state index in [-0.39, 0.29) is 0 Å². The lowest BCUT2D eigenvalue weighted by atomic mass is 10.1. The first-order chi connectivity index (χ1) is 13.5. The maximum absolute atomic E-state index is 6.31. The third-order valence-electron chi connectivity index (χ3n) is 5.26. The molecule has 0 saturated carbocycles. The van der Waals surface area contributed by atoms with Crippen LogP contribution < -0.4 is 5.32 Å². The van der Waals surface area contributed by atoms with Gasteiger partial charge >= 0.3 is 0 Å². The summed E-state index contributed by atoms with van der Waals surface area (Å²) < 4.78 is 5.21. The molecule has 0 spiro atoms. The van der Waals surface area contributed by atoms with Crippen LogP contribution in [0.15, 0.2) is 47.5 Å². The van der Waals surface area contributed by atoms with Crippen molar-refractivity contribution in [3.05, 3.63) is 53.1 Å². The molecule has 0 aliphatic carbocycles. The average molecular weight is 401 g/mol. The molecule has 0 aromatic heterocycles. The minimum absolute atomic E-state index is 0.466. The van der Waals surface area contributed by atoms with Crippen LogP contribution in [-0.2, 0) is 4.74 Å². The van der Waals surface area contributed by atoms with Crippen molar-refractivity contribution in [1.82, 2.24) is 9.80 Å². The molecule has 0 bridgehead atoms. The molecule has 6 heteroatoms. The van der Waals surface area contributed by atoms with Gasteiger partial charge in [-0.05, 0) is 50.7 Å². The van der Waals surface area contributed by atoms with E-state index in [1.807, 2.05) is 42.5 Å². The lowest BCUT2D eigenvalue weighted by molar-refractivity contribution is 0.150. The summed E-state index contributed by atoms with van der Waals surface area (Å²) in [6.07, 6.45) is 1.02. The number of hydrogen-bond acceptors (Lipinski definition) is 5. The number of methoxy groups -OCH3 is 1. The molecule has 28 heavy (non-hydrogen) atoms. The highest BCUT2D eigenvalue weighted by molar-refractivity contribution is 6.31. The average Bonchev–Trinajstić information content (AvgIpc) is 2.86. The van der Waals surface area contributed by atoms with E-state index in [0.29, 0.717) is 11.1 Å². The Morgan fingerprint density at radius 1 is 1.11 bits per heavy atom. The Hall–Kier alpha value is -2.08. The predicted octanol–water partition coefficient (Wildman–Crippen LogP) is 4.76. The molecule has 1 N–H and O–H groups in total. The third kappa shape index (κ3) is 4.85. The zero-order valence-corrected chi connectivity index (χ0v) is 17.8. The fourth-order valence-corrected chi connectivity index (χ4v) is 3.41. The zero-order chi connectivity index (χ0) is 20.1. The Balaban J connectivity index is 1.82. The van der Waals surface area contributed by atoms with Crippen LogP contribution in [0.3, 0.4) is 0 Å². The van der Waals surface area contributed by atoms with Crippen molar-refractivity contribution < 1.29 is 4.74 Å². The fraction of sp³-hybridized carbons (Fsp3) is 0.409. The Labute approximate surface area is 173 Å². The number of likely N-dealkylation sites (N-methyl/N-ethyl adjacent to an activating group) is 2. The van der Waals surface area contributed by atoms with E-state index in [4.69, 9.17) is 21.3 Å². The van der Waals surface area contributed by atoms with Crippen LogP contribution in [-0.4, -0.2) is 62.6 Å². The zero-order valence-electron chi connectivity index (χ0n) is 17.1. The first-order valence-corrected chi connectivity index (χ1v) is 10.0. The molecular formula is C22H29ClN4O. The van der Waals surface area contributed by atoms with Crippen molar-refractivity contribution in [2.24, 2.45) is 4.99 Å². The maximum atomic E-state index is 6.31. The predicted molar refractivity (Wildman–Crippen MR) is 119 cm³/mol. The molecule has 150 valence electrons. The number of ether oxygens (including phenoxy) is 1. The molecule has 1 aliphatic heterocycles. The Kier molecular flexibility index (Phi) is 6.94. The summed E-state index contributed by atoms with van der Waals surface area (Å²) >= 11 is 6.31. The van der Waals surface area contributed by atoms with E-state index in [1.165, 1.54) is 0 Å². The molecule has 0 amide bonds. The number of benzene rings is 2. The molecule has 1 heterocycles. The van der Waals surface area contributed by atoms with Crippen LogP contribution in [0.5, 0.6) is 0 Å². The molecule has 0 saturated heterocycles. The molecule has 0 fully saturated rings. The van der Waals surface area contributed by atoms with Crippen molar-refractivity contribution >= 4 is 34.5 Å². The van der Waals surface area contributed by atoms with Crippen molar-refractivity contribution in [3.63, 3.8) is 0 Å². The van der Waals surface area contributed by atoms with Gasteiger partial charge < -0.3 is 19.9 Å². The number of halogens is 1. The van der Waals surface area contributed by atoms with E-state index in [2.05, 4.69) is 36.1 Å². The number of hydrogen-bond donors (Lipinski definition) is 1. The molecule has 5 nitrogen and oxygen atoms in total. The maximum Gasteiger partial charge on any atom is 0.138 e. The van der Waals surface area contributed by atoms with Gasteiger partial charge in [-0.2, -0.15) is 0 Å². The second kappa shape index (κ2) is 9.41. The fourth-order valence-electron chi connectivity index (χ4n) is 3.24. The minimum atomic E-state index is 0.466. The second-order valence-electron chi connectivity index (χ2n) is 7.30. The number of para-hydroxylation sites is 2. The van der Waals surface area contributed by atoms with Gasteiger partial charge in [0, 0.05) is 56.2 Å². The number of aliphatic imine (C=N–C) groups is 1. The summed E-state index contributed by atoms with van der Waals surface area (Å²) in [5.74, 6) is 0.924. The van der Waals surface area contributed by atoms with Gasteiger partial charge in [-0.25, -0.2) is 4.99 Å². The molecule has 2 aromatic rings. The number of amidine groups is 1. The summed E-state index contributed by atoms with van der Waals surface area (Å²) in [4.78, 5) is 9.54. The highest BCUT2D eigenvalue weighted by atomic mass is 35.5. The van der Waals surface area contributed by atoms with E-state index >= 15 is 0 Å². The van der Waals surface area contributed by atoms with E-state index in [0.717, 1.165) is 54.6 Å². The topological polar surface area (TPSA) is 40.1 Å². The first kappa shape index (κ1) is 20.6. The lowest BCUT2D eigenvalue weighted by Gasteiger charge is -2.28. The Morgan fingerprint density at radius 2 is 1.89 bits per heavy atom. The Bertz CT molecular complexity index is 839. The summed E-state index contributed by atoms with van der Waals surface area (Å²) in [5.41, 5.74) is 3.96. The quantitative estimate of drug-likeness (QED) is 0.727. The van der Waals surface area contributed by atoms with Gasteiger partial charge in [-0.15, -0.1) is 0 Å². The first-order valence-electron chi connectivity index (χ1n) is 9.64. The number of nitrogens with one attached hydrogen (secondary N) is 1. The van der Waals surface area contributed by atoms with Crippen molar-refractivity contribution in [1.29, 1.82) is 0 Å². The molecular weight excluding hydrogens is 372 g/mol. The lowest BCUT2D eigenvalue weighted by Crippen LogP contribution is -2.39. The normalized spacial score (nSPS) is 13.9. The molecule has 1 aliphatic rings. The van der Waals surface area contributed by atoms with Crippen molar-refractivity contribution in [2.45, 2.75) is 19.4 Å². The number of rotatable bonds is 7. The Morgan fingerprint density at radius 3 is 2.68 bits per heavy atom. The summed E-state index contributed by atoms with van der Waals surface area (Å²) in [7, 11) is 6.00. The van der Waals surface area contributed by atoms with Gasteiger partial charge in [0.2, 0.25) is 0 Å². The van der Waals surface area contributed by atoms with Crippen LogP contribution in [0.4, 0.5) is 17.1 Å².